The van der Waals surface area contributed by atoms with Gasteiger partial charge >= 0.3 is 0 Å². The van der Waals surface area contributed by atoms with Crippen LogP contribution in [0, 0.1) is 6.92 Å². The molecule has 1 heterocycles. The molecular weight excluding hydrogens is 264 g/mol. The predicted molar refractivity (Wildman–Crippen MR) is 81.8 cm³/mol. The zero-order chi connectivity index (χ0) is 15.0. The highest BCUT2D eigenvalue weighted by molar-refractivity contribution is 5.92. The van der Waals surface area contributed by atoms with Crippen molar-refractivity contribution in [2.24, 2.45) is 0 Å². The Hall–Kier alpha value is -1.39. The molecule has 1 aromatic rings. The molecule has 1 atom stereocenters. The number of ether oxygens (including phenoxy) is 1. The molecule has 1 aliphatic heterocycles. The van der Waals surface area contributed by atoms with Crippen molar-refractivity contribution < 1.29 is 9.53 Å². The van der Waals surface area contributed by atoms with Gasteiger partial charge in [-0.15, -0.1) is 0 Å². The van der Waals surface area contributed by atoms with Crippen LogP contribution in [-0.4, -0.2) is 35.6 Å². The highest BCUT2D eigenvalue weighted by Gasteiger charge is 2.59. The minimum atomic E-state index is -0.285. The van der Waals surface area contributed by atoms with Gasteiger partial charge in [0.15, 0.2) is 0 Å². The van der Waals surface area contributed by atoms with E-state index in [4.69, 9.17) is 4.74 Å². The summed E-state index contributed by atoms with van der Waals surface area (Å²) < 4.78 is 5.63. The van der Waals surface area contributed by atoms with E-state index in [0.29, 0.717) is 13.2 Å². The summed E-state index contributed by atoms with van der Waals surface area (Å²) in [6, 6.07) is 8.38. The number of hydrogen-bond donors (Lipinski definition) is 1. The summed E-state index contributed by atoms with van der Waals surface area (Å²) in [7, 11) is 0. The van der Waals surface area contributed by atoms with Crippen LogP contribution < -0.4 is 5.32 Å². The fraction of sp³-hybridized carbons (Fsp3) is 0.588. The second-order valence-corrected chi connectivity index (χ2v) is 6.46. The van der Waals surface area contributed by atoms with Gasteiger partial charge in [0.25, 0.3) is 0 Å². The maximum Gasteiger partial charge on any atom is 0.244 e. The number of rotatable bonds is 5. The molecule has 1 unspecified atom stereocenters. The third kappa shape index (κ3) is 2.83. The third-order valence-electron chi connectivity index (χ3n) is 4.29. The number of carbonyl (C=O) groups excluding carboxylic acids is 1. The molecule has 1 spiro atoms. The number of hydrogen-bond acceptors (Lipinski definition) is 3. The van der Waals surface area contributed by atoms with E-state index in [9.17, 15) is 4.79 Å². The van der Waals surface area contributed by atoms with E-state index in [1.807, 2.05) is 18.7 Å². The molecule has 0 radical (unpaired) electrons. The number of benzene rings is 1. The van der Waals surface area contributed by atoms with E-state index in [-0.39, 0.29) is 23.7 Å². The van der Waals surface area contributed by atoms with E-state index in [0.717, 1.165) is 18.4 Å². The van der Waals surface area contributed by atoms with Crippen molar-refractivity contribution in [3.63, 3.8) is 0 Å². The monoisotopic (exact) mass is 288 g/mol. The molecule has 4 heteroatoms. The summed E-state index contributed by atoms with van der Waals surface area (Å²) in [6.07, 6.45) is 2.09. The molecule has 0 bridgehead atoms. The first-order valence-electron chi connectivity index (χ1n) is 7.79. The molecule has 2 aliphatic rings. The van der Waals surface area contributed by atoms with Crippen LogP contribution in [0.1, 0.15) is 44.0 Å². The molecule has 0 aromatic heterocycles. The van der Waals surface area contributed by atoms with Gasteiger partial charge in [0.05, 0.1) is 12.7 Å². The van der Waals surface area contributed by atoms with Crippen molar-refractivity contribution in [1.82, 2.24) is 10.2 Å². The molecular formula is C17H24N2O2. The molecule has 1 aromatic carbocycles. The lowest BCUT2D eigenvalue weighted by atomic mass is 10.1. The lowest BCUT2D eigenvalue weighted by Gasteiger charge is -2.25. The zero-order valence-corrected chi connectivity index (χ0v) is 13.1. The molecule has 21 heavy (non-hydrogen) atoms. The minimum absolute atomic E-state index is 0.0179. The van der Waals surface area contributed by atoms with Crippen LogP contribution in [0.3, 0.4) is 0 Å². The van der Waals surface area contributed by atoms with Crippen molar-refractivity contribution in [1.29, 1.82) is 0 Å². The number of aryl methyl sites for hydroxylation is 1. The fourth-order valence-electron chi connectivity index (χ4n) is 3.00. The van der Waals surface area contributed by atoms with Crippen molar-refractivity contribution in [3.8, 4) is 0 Å². The molecule has 3 rings (SSSR count). The maximum absolute atomic E-state index is 12.6. The topological polar surface area (TPSA) is 41.6 Å². The largest absolute Gasteiger partial charge is 0.377 e. The van der Waals surface area contributed by atoms with E-state index in [1.165, 1.54) is 5.56 Å². The smallest absolute Gasteiger partial charge is 0.244 e. The van der Waals surface area contributed by atoms with Gasteiger partial charge in [-0.3, -0.25) is 10.1 Å². The van der Waals surface area contributed by atoms with Crippen LogP contribution >= 0.6 is 0 Å². The average Bonchev–Trinajstić information content (AvgIpc) is 3.16. The fourth-order valence-corrected chi connectivity index (χ4v) is 3.00. The van der Waals surface area contributed by atoms with Gasteiger partial charge in [-0.25, -0.2) is 0 Å². The number of carbonyl (C=O) groups is 1. The van der Waals surface area contributed by atoms with Crippen LogP contribution in [0.4, 0.5) is 0 Å². The van der Waals surface area contributed by atoms with Crippen LogP contribution in [0.25, 0.3) is 0 Å². The summed E-state index contributed by atoms with van der Waals surface area (Å²) >= 11 is 0. The quantitative estimate of drug-likeness (QED) is 0.904. The minimum Gasteiger partial charge on any atom is -0.377 e. The number of nitrogens with one attached hydrogen (secondary N) is 1. The maximum atomic E-state index is 12.6. The Balaban J connectivity index is 1.78. The lowest BCUT2D eigenvalue weighted by Crippen LogP contribution is -2.35. The highest BCUT2D eigenvalue weighted by atomic mass is 16.5. The second-order valence-electron chi connectivity index (χ2n) is 6.46. The first-order chi connectivity index (χ1) is 10.0. The molecule has 1 amide bonds. The first kappa shape index (κ1) is 14.5. The van der Waals surface area contributed by atoms with Crippen molar-refractivity contribution in [2.75, 3.05) is 13.2 Å². The lowest BCUT2D eigenvalue weighted by molar-refractivity contribution is -0.131. The number of nitrogens with zero attached hydrogens (tertiary/aromatic N) is 1. The Morgan fingerprint density at radius 3 is 2.81 bits per heavy atom. The SMILES string of the molecule is Cc1cccc(C2NC3(CC3)C(=O)N2CCOC(C)C)c1. The molecule has 2 fully saturated rings. The van der Waals surface area contributed by atoms with Crippen LogP contribution in [0.5, 0.6) is 0 Å². The highest BCUT2D eigenvalue weighted by Crippen LogP contribution is 2.45. The third-order valence-corrected chi connectivity index (χ3v) is 4.29. The Morgan fingerprint density at radius 2 is 2.19 bits per heavy atom. The predicted octanol–water partition coefficient (Wildman–Crippen LogP) is 2.38. The van der Waals surface area contributed by atoms with Gasteiger partial charge in [0.2, 0.25) is 5.91 Å². The van der Waals surface area contributed by atoms with E-state index < -0.39 is 0 Å². The molecule has 1 N–H and O–H groups in total. The van der Waals surface area contributed by atoms with Crippen molar-refractivity contribution >= 4 is 5.91 Å². The zero-order valence-electron chi connectivity index (χ0n) is 13.1. The van der Waals surface area contributed by atoms with Crippen LogP contribution in [0.2, 0.25) is 0 Å². The Labute approximate surface area is 126 Å². The van der Waals surface area contributed by atoms with Crippen LogP contribution in [0.15, 0.2) is 24.3 Å². The summed E-state index contributed by atoms with van der Waals surface area (Å²) in [6.45, 7) is 7.35. The van der Waals surface area contributed by atoms with Gasteiger partial charge in [0.1, 0.15) is 11.7 Å². The van der Waals surface area contributed by atoms with Crippen molar-refractivity contribution in [3.05, 3.63) is 35.4 Å². The average molecular weight is 288 g/mol. The summed E-state index contributed by atoms with van der Waals surface area (Å²) in [4.78, 5) is 14.6. The standard InChI is InChI=1S/C17H24N2O2/c1-12(2)21-10-9-19-15(14-6-4-5-13(3)11-14)18-17(7-8-17)16(19)20/h4-6,11-12,15,18H,7-10H2,1-3H3. The second kappa shape index (κ2) is 5.43. The molecule has 114 valence electrons. The Kier molecular flexibility index (Phi) is 3.76. The van der Waals surface area contributed by atoms with Gasteiger partial charge < -0.3 is 9.64 Å². The normalized spacial score (nSPS) is 23.3. The Morgan fingerprint density at radius 1 is 1.43 bits per heavy atom. The number of amides is 1. The summed E-state index contributed by atoms with van der Waals surface area (Å²) in [5.41, 5.74) is 2.10. The molecule has 1 saturated carbocycles. The first-order valence-corrected chi connectivity index (χ1v) is 7.79. The van der Waals surface area contributed by atoms with Gasteiger partial charge in [0, 0.05) is 6.54 Å². The van der Waals surface area contributed by atoms with E-state index in [1.54, 1.807) is 0 Å². The molecule has 1 saturated heterocycles. The van der Waals surface area contributed by atoms with Gasteiger partial charge in [-0.2, -0.15) is 0 Å². The van der Waals surface area contributed by atoms with Gasteiger partial charge in [-0.1, -0.05) is 29.8 Å². The summed E-state index contributed by atoms with van der Waals surface area (Å²) in [5.74, 6) is 0.237. The van der Waals surface area contributed by atoms with Gasteiger partial charge in [-0.05, 0) is 39.2 Å². The summed E-state index contributed by atoms with van der Waals surface area (Å²) in [5, 5.41) is 3.54. The molecule has 4 nitrogen and oxygen atoms in total. The molecule has 1 aliphatic carbocycles. The van der Waals surface area contributed by atoms with Crippen molar-refractivity contribution in [2.45, 2.75) is 51.4 Å². The van der Waals surface area contributed by atoms with E-state index >= 15 is 0 Å². The Bertz CT molecular complexity index is 537. The van der Waals surface area contributed by atoms with Crippen LogP contribution in [-0.2, 0) is 9.53 Å². The van der Waals surface area contributed by atoms with E-state index in [2.05, 4.69) is 36.5 Å².